The fraction of sp³-hybridized carbons (Fsp3) is 0.214. The lowest BCUT2D eigenvalue weighted by Crippen LogP contribution is -2.08. The van der Waals surface area contributed by atoms with Crippen molar-refractivity contribution in [2.24, 2.45) is 0 Å². The first-order valence-electron chi connectivity index (χ1n) is 5.56. The zero-order chi connectivity index (χ0) is 13.3. The first kappa shape index (κ1) is 12.6. The van der Waals surface area contributed by atoms with Gasteiger partial charge < -0.3 is 5.11 Å². The normalized spacial score (nSPS) is 12.5. The second-order valence-electron chi connectivity index (χ2n) is 4.26. The number of halogens is 2. The van der Waals surface area contributed by atoms with Crippen LogP contribution in [-0.2, 0) is 0 Å². The Balaban J connectivity index is 2.48. The predicted octanol–water partition coefficient (Wildman–Crippen LogP) is 3.06. The number of rotatable bonds is 2. The van der Waals surface area contributed by atoms with Crippen molar-refractivity contribution < 1.29 is 13.9 Å². The highest BCUT2D eigenvalue weighted by Crippen LogP contribution is 2.26. The number of hydrogen-bond acceptors (Lipinski definition) is 2. The van der Waals surface area contributed by atoms with Gasteiger partial charge in [-0.1, -0.05) is 18.2 Å². The Morgan fingerprint density at radius 1 is 1.22 bits per heavy atom. The van der Waals surface area contributed by atoms with Crippen molar-refractivity contribution in [1.29, 1.82) is 0 Å². The number of benzene rings is 1. The quantitative estimate of drug-likeness (QED) is 0.887. The van der Waals surface area contributed by atoms with Crippen LogP contribution in [-0.4, -0.2) is 10.1 Å². The van der Waals surface area contributed by atoms with Crippen molar-refractivity contribution in [3.05, 3.63) is 64.5 Å². The van der Waals surface area contributed by atoms with Crippen LogP contribution in [0.5, 0.6) is 0 Å². The molecule has 0 amide bonds. The van der Waals surface area contributed by atoms with Crippen LogP contribution in [0.1, 0.15) is 28.5 Å². The van der Waals surface area contributed by atoms with Gasteiger partial charge in [-0.05, 0) is 31.0 Å². The number of aliphatic hydroxyl groups excluding tert-OH is 1. The Bertz CT molecular complexity index is 584. The third kappa shape index (κ3) is 2.24. The molecule has 1 atom stereocenters. The lowest BCUT2D eigenvalue weighted by molar-refractivity contribution is 0.207. The highest BCUT2D eigenvalue weighted by molar-refractivity contribution is 5.33. The summed E-state index contributed by atoms with van der Waals surface area (Å²) in [6.45, 7) is 3.65. The minimum atomic E-state index is -1.26. The van der Waals surface area contributed by atoms with E-state index in [1.54, 1.807) is 13.1 Å². The highest BCUT2D eigenvalue weighted by atomic mass is 19.2. The molecule has 0 aliphatic heterocycles. The molecule has 1 unspecified atom stereocenters. The molecule has 0 spiro atoms. The molecule has 0 radical (unpaired) electrons. The Kier molecular flexibility index (Phi) is 3.39. The molecule has 0 saturated heterocycles. The van der Waals surface area contributed by atoms with Gasteiger partial charge in [-0.15, -0.1) is 0 Å². The van der Waals surface area contributed by atoms with E-state index in [0.717, 1.165) is 17.2 Å². The van der Waals surface area contributed by atoms with Gasteiger partial charge in [0.05, 0.1) is 5.69 Å². The third-order valence-corrected chi connectivity index (χ3v) is 2.79. The summed E-state index contributed by atoms with van der Waals surface area (Å²) in [7, 11) is 0. The number of hydrogen-bond donors (Lipinski definition) is 1. The Morgan fingerprint density at radius 3 is 2.61 bits per heavy atom. The van der Waals surface area contributed by atoms with E-state index in [1.165, 1.54) is 12.1 Å². The molecular weight excluding hydrogens is 236 g/mol. The zero-order valence-electron chi connectivity index (χ0n) is 10.1. The van der Waals surface area contributed by atoms with E-state index in [-0.39, 0.29) is 5.56 Å². The van der Waals surface area contributed by atoms with Gasteiger partial charge in [-0.3, -0.25) is 4.98 Å². The SMILES string of the molecule is Cc1cnc(C(O)c2cccc(F)c2F)c(C)c1. The Hall–Kier alpha value is -1.81. The lowest BCUT2D eigenvalue weighted by atomic mass is 10.0. The van der Waals surface area contributed by atoms with Crippen LogP contribution in [0, 0.1) is 25.5 Å². The van der Waals surface area contributed by atoms with Crippen molar-refractivity contribution >= 4 is 0 Å². The molecular formula is C14H13F2NO. The molecule has 1 N–H and O–H groups in total. The second kappa shape index (κ2) is 4.82. The monoisotopic (exact) mass is 249 g/mol. The van der Waals surface area contributed by atoms with Gasteiger partial charge in [0.2, 0.25) is 0 Å². The first-order chi connectivity index (χ1) is 8.50. The minimum absolute atomic E-state index is 0.102. The molecule has 1 heterocycles. The van der Waals surface area contributed by atoms with Gasteiger partial charge in [0.15, 0.2) is 11.6 Å². The Labute approximate surface area is 104 Å². The maximum atomic E-state index is 13.6. The molecule has 94 valence electrons. The largest absolute Gasteiger partial charge is 0.382 e. The van der Waals surface area contributed by atoms with Crippen LogP contribution in [0.3, 0.4) is 0 Å². The van der Waals surface area contributed by atoms with E-state index in [2.05, 4.69) is 4.98 Å². The second-order valence-corrected chi connectivity index (χ2v) is 4.26. The maximum absolute atomic E-state index is 13.6. The number of nitrogens with zero attached hydrogens (tertiary/aromatic N) is 1. The summed E-state index contributed by atoms with van der Waals surface area (Å²) in [6.07, 6.45) is 0.323. The molecule has 4 heteroatoms. The van der Waals surface area contributed by atoms with Crippen molar-refractivity contribution in [3.8, 4) is 0 Å². The number of aliphatic hydroxyl groups is 1. The third-order valence-electron chi connectivity index (χ3n) is 2.79. The van der Waals surface area contributed by atoms with Gasteiger partial charge in [0, 0.05) is 11.8 Å². The number of aromatic nitrogens is 1. The molecule has 0 saturated carbocycles. The average molecular weight is 249 g/mol. The fourth-order valence-corrected chi connectivity index (χ4v) is 1.89. The van der Waals surface area contributed by atoms with E-state index in [4.69, 9.17) is 0 Å². The summed E-state index contributed by atoms with van der Waals surface area (Å²) in [4.78, 5) is 4.09. The topological polar surface area (TPSA) is 33.1 Å². The summed E-state index contributed by atoms with van der Waals surface area (Å²) < 4.78 is 26.7. The summed E-state index contributed by atoms with van der Waals surface area (Å²) in [5.41, 5.74) is 1.92. The van der Waals surface area contributed by atoms with E-state index < -0.39 is 17.7 Å². The van der Waals surface area contributed by atoms with Crippen LogP contribution in [0.15, 0.2) is 30.5 Å². The predicted molar refractivity (Wildman–Crippen MR) is 64.1 cm³/mol. The highest BCUT2D eigenvalue weighted by Gasteiger charge is 2.20. The first-order valence-corrected chi connectivity index (χ1v) is 5.56. The van der Waals surface area contributed by atoms with Crippen molar-refractivity contribution in [2.75, 3.05) is 0 Å². The van der Waals surface area contributed by atoms with Crippen molar-refractivity contribution in [1.82, 2.24) is 4.98 Å². The zero-order valence-corrected chi connectivity index (χ0v) is 10.1. The minimum Gasteiger partial charge on any atom is -0.382 e. The average Bonchev–Trinajstić information content (AvgIpc) is 2.32. The summed E-state index contributed by atoms with van der Waals surface area (Å²) in [6, 6.07) is 5.56. The summed E-state index contributed by atoms with van der Waals surface area (Å²) in [5.74, 6) is -2.01. The van der Waals surface area contributed by atoms with Gasteiger partial charge in [0.1, 0.15) is 6.10 Å². The van der Waals surface area contributed by atoms with Crippen LogP contribution >= 0.6 is 0 Å². The Morgan fingerprint density at radius 2 is 1.94 bits per heavy atom. The van der Waals surface area contributed by atoms with Gasteiger partial charge >= 0.3 is 0 Å². The van der Waals surface area contributed by atoms with Crippen molar-refractivity contribution in [2.45, 2.75) is 20.0 Å². The van der Waals surface area contributed by atoms with Gasteiger partial charge in [-0.25, -0.2) is 8.78 Å². The van der Waals surface area contributed by atoms with Crippen LogP contribution in [0.2, 0.25) is 0 Å². The molecule has 2 aromatic rings. The van der Waals surface area contributed by atoms with E-state index >= 15 is 0 Å². The molecule has 0 bridgehead atoms. The lowest BCUT2D eigenvalue weighted by Gasteiger charge is -2.14. The molecule has 0 aliphatic rings. The van der Waals surface area contributed by atoms with Crippen LogP contribution < -0.4 is 0 Å². The number of pyridine rings is 1. The summed E-state index contributed by atoms with van der Waals surface area (Å²) >= 11 is 0. The molecule has 18 heavy (non-hydrogen) atoms. The van der Waals surface area contributed by atoms with E-state index in [0.29, 0.717) is 5.69 Å². The van der Waals surface area contributed by atoms with Crippen molar-refractivity contribution in [3.63, 3.8) is 0 Å². The molecule has 1 aromatic heterocycles. The standard InChI is InChI=1S/C14H13F2NO/c1-8-6-9(2)13(17-7-8)14(18)10-4-3-5-11(15)12(10)16/h3-7,14,18H,1-2H3. The summed E-state index contributed by atoms with van der Waals surface area (Å²) in [5, 5.41) is 10.1. The van der Waals surface area contributed by atoms with E-state index in [1.807, 2.05) is 13.0 Å². The smallest absolute Gasteiger partial charge is 0.165 e. The molecule has 2 rings (SSSR count). The van der Waals surface area contributed by atoms with Gasteiger partial charge in [-0.2, -0.15) is 0 Å². The molecule has 0 aliphatic carbocycles. The van der Waals surface area contributed by atoms with Crippen LogP contribution in [0.25, 0.3) is 0 Å². The molecule has 2 nitrogen and oxygen atoms in total. The number of aryl methyl sites for hydroxylation is 2. The van der Waals surface area contributed by atoms with E-state index in [9.17, 15) is 13.9 Å². The fourth-order valence-electron chi connectivity index (χ4n) is 1.89. The molecule has 0 fully saturated rings. The van der Waals surface area contributed by atoms with Gasteiger partial charge in [0.25, 0.3) is 0 Å². The van der Waals surface area contributed by atoms with Crippen LogP contribution in [0.4, 0.5) is 8.78 Å². The maximum Gasteiger partial charge on any atom is 0.165 e. The molecule has 1 aromatic carbocycles.